The van der Waals surface area contributed by atoms with Crippen molar-refractivity contribution in [2.24, 2.45) is 0 Å². The monoisotopic (exact) mass is 218 g/mol. The van der Waals surface area contributed by atoms with Crippen molar-refractivity contribution in [1.82, 2.24) is 0 Å². The standard InChI is InChI=1S/C13H14O3/c1-16-13(15)9-8-12-6-3-2-5-11(12)7-4-10-14/h2-3,5-6,14H,4,7,10H2,1H3. The maximum atomic E-state index is 10.9. The van der Waals surface area contributed by atoms with Crippen LogP contribution < -0.4 is 0 Å². The van der Waals surface area contributed by atoms with E-state index >= 15 is 0 Å². The van der Waals surface area contributed by atoms with Gasteiger partial charge in [0, 0.05) is 18.1 Å². The Kier molecular flexibility index (Phi) is 5.10. The lowest BCUT2D eigenvalue weighted by Gasteiger charge is -2.02. The predicted molar refractivity (Wildman–Crippen MR) is 60.7 cm³/mol. The molecule has 0 saturated carbocycles. The number of ether oxygens (including phenoxy) is 1. The van der Waals surface area contributed by atoms with Crippen LogP contribution in [0.5, 0.6) is 0 Å². The normalized spacial score (nSPS) is 9.12. The minimum atomic E-state index is -0.544. The lowest BCUT2D eigenvalue weighted by molar-refractivity contribution is -0.133. The summed E-state index contributed by atoms with van der Waals surface area (Å²) >= 11 is 0. The average Bonchev–Trinajstić information content (AvgIpc) is 2.34. The largest absolute Gasteiger partial charge is 0.459 e. The zero-order valence-electron chi connectivity index (χ0n) is 9.19. The molecule has 1 aromatic carbocycles. The van der Waals surface area contributed by atoms with Gasteiger partial charge in [-0.05, 0) is 24.5 Å². The minimum absolute atomic E-state index is 0.152. The van der Waals surface area contributed by atoms with Crippen LogP contribution in [0.1, 0.15) is 17.5 Å². The van der Waals surface area contributed by atoms with Crippen LogP contribution in [0.3, 0.4) is 0 Å². The molecule has 0 aromatic heterocycles. The second kappa shape index (κ2) is 6.65. The van der Waals surface area contributed by atoms with E-state index in [0.717, 1.165) is 17.5 Å². The number of hydrogen-bond donors (Lipinski definition) is 1. The Balaban J connectivity index is 2.84. The molecule has 0 bridgehead atoms. The highest BCUT2D eigenvalue weighted by molar-refractivity contribution is 5.89. The number of esters is 1. The van der Waals surface area contributed by atoms with Crippen molar-refractivity contribution < 1.29 is 14.6 Å². The highest BCUT2D eigenvalue weighted by Crippen LogP contribution is 2.09. The maximum absolute atomic E-state index is 10.9. The molecule has 0 radical (unpaired) electrons. The first-order valence-electron chi connectivity index (χ1n) is 5.06. The number of carbonyl (C=O) groups is 1. The number of rotatable bonds is 3. The fourth-order valence-electron chi connectivity index (χ4n) is 1.30. The molecular weight excluding hydrogens is 204 g/mol. The summed E-state index contributed by atoms with van der Waals surface area (Å²) in [6.07, 6.45) is 1.44. The SMILES string of the molecule is COC(=O)C#Cc1ccccc1CCCO. The zero-order chi connectivity index (χ0) is 11.8. The molecule has 1 rings (SSSR count). The third kappa shape index (κ3) is 3.76. The van der Waals surface area contributed by atoms with Gasteiger partial charge in [0.25, 0.3) is 0 Å². The smallest absolute Gasteiger partial charge is 0.384 e. The second-order valence-electron chi connectivity index (χ2n) is 3.23. The Morgan fingerprint density at radius 1 is 1.44 bits per heavy atom. The van der Waals surface area contributed by atoms with Crippen molar-refractivity contribution in [2.75, 3.05) is 13.7 Å². The zero-order valence-corrected chi connectivity index (χ0v) is 9.19. The number of aliphatic hydroxyl groups excluding tert-OH is 1. The molecular formula is C13H14O3. The first-order chi connectivity index (χ1) is 7.77. The number of benzene rings is 1. The fraction of sp³-hybridized carbons (Fsp3) is 0.308. The Morgan fingerprint density at radius 2 is 2.19 bits per heavy atom. The summed E-state index contributed by atoms with van der Waals surface area (Å²) in [6, 6.07) is 7.57. The van der Waals surface area contributed by atoms with Crippen LogP contribution in [-0.4, -0.2) is 24.8 Å². The van der Waals surface area contributed by atoms with E-state index in [1.807, 2.05) is 24.3 Å². The quantitative estimate of drug-likeness (QED) is 0.611. The molecule has 1 N–H and O–H groups in total. The van der Waals surface area contributed by atoms with E-state index < -0.39 is 5.97 Å². The molecule has 0 saturated heterocycles. The molecule has 3 nitrogen and oxygen atoms in total. The van der Waals surface area contributed by atoms with Gasteiger partial charge in [0.1, 0.15) is 0 Å². The van der Waals surface area contributed by atoms with Crippen molar-refractivity contribution in [3.8, 4) is 11.8 Å². The summed E-state index contributed by atoms with van der Waals surface area (Å²) in [4.78, 5) is 10.9. The van der Waals surface area contributed by atoms with Gasteiger partial charge < -0.3 is 9.84 Å². The van der Waals surface area contributed by atoms with Crippen molar-refractivity contribution >= 4 is 5.97 Å². The van der Waals surface area contributed by atoms with Crippen LogP contribution in [0.15, 0.2) is 24.3 Å². The van der Waals surface area contributed by atoms with Crippen LogP contribution in [0.4, 0.5) is 0 Å². The van der Waals surface area contributed by atoms with E-state index in [4.69, 9.17) is 5.11 Å². The average molecular weight is 218 g/mol. The Morgan fingerprint density at radius 3 is 2.88 bits per heavy atom. The van der Waals surface area contributed by atoms with E-state index in [1.165, 1.54) is 7.11 Å². The number of hydrogen-bond acceptors (Lipinski definition) is 3. The number of aryl methyl sites for hydroxylation is 1. The van der Waals surface area contributed by atoms with Gasteiger partial charge in [0.2, 0.25) is 0 Å². The van der Waals surface area contributed by atoms with Crippen LogP contribution in [0.25, 0.3) is 0 Å². The van der Waals surface area contributed by atoms with Gasteiger partial charge in [-0.3, -0.25) is 0 Å². The summed E-state index contributed by atoms with van der Waals surface area (Å²) in [5.41, 5.74) is 1.84. The summed E-state index contributed by atoms with van der Waals surface area (Å²) < 4.78 is 4.44. The predicted octanol–water partition coefficient (Wildman–Crippen LogP) is 1.14. The number of aliphatic hydroxyl groups is 1. The van der Waals surface area contributed by atoms with E-state index in [-0.39, 0.29) is 6.61 Å². The minimum Gasteiger partial charge on any atom is -0.459 e. The van der Waals surface area contributed by atoms with Gasteiger partial charge >= 0.3 is 5.97 Å². The molecule has 0 amide bonds. The summed E-state index contributed by atoms with van der Waals surface area (Å²) in [5.74, 6) is 4.61. The topological polar surface area (TPSA) is 46.5 Å². The van der Waals surface area contributed by atoms with Crippen LogP contribution in [0, 0.1) is 11.8 Å². The molecule has 0 atom stereocenters. The van der Waals surface area contributed by atoms with Crippen molar-refractivity contribution in [1.29, 1.82) is 0 Å². The van der Waals surface area contributed by atoms with E-state index in [1.54, 1.807) is 0 Å². The Labute approximate surface area is 95.1 Å². The van der Waals surface area contributed by atoms with E-state index in [0.29, 0.717) is 6.42 Å². The van der Waals surface area contributed by atoms with Gasteiger partial charge in [0.05, 0.1) is 7.11 Å². The molecule has 0 fully saturated rings. The first kappa shape index (κ1) is 12.3. The molecule has 84 valence electrons. The molecule has 0 aliphatic rings. The molecule has 1 aromatic rings. The molecule has 0 unspecified atom stereocenters. The molecule has 3 heteroatoms. The van der Waals surface area contributed by atoms with Gasteiger partial charge in [0.15, 0.2) is 0 Å². The van der Waals surface area contributed by atoms with Crippen LogP contribution in [-0.2, 0) is 16.0 Å². The molecule has 16 heavy (non-hydrogen) atoms. The highest BCUT2D eigenvalue weighted by atomic mass is 16.5. The van der Waals surface area contributed by atoms with Gasteiger partial charge in [-0.1, -0.05) is 24.1 Å². The number of carbonyl (C=O) groups excluding carboxylic acids is 1. The summed E-state index contributed by atoms with van der Waals surface area (Å²) in [5, 5.41) is 8.76. The van der Waals surface area contributed by atoms with Gasteiger partial charge in [-0.15, -0.1) is 0 Å². The highest BCUT2D eigenvalue weighted by Gasteiger charge is 1.99. The molecule has 0 aliphatic heterocycles. The number of methoxy groups -OCH3 is 1. The fourth-order valence-corrected chi connectivity index (χ4v) is 1.30. The van der Waals surface area contributed by atoms with Crippen LogP contribution in [0.2, 0.25) is 0 Å². The molecule has 0 spiro atoms. The molecule has 0 aliphatic carbocycles. The lowest BCUT2D eigenvalue weighted by Crippen LogP contribution is -1.96. The van der Waals surface area contributed by atoms with E-state index in [9.17, 15) is 4.79 Å². The van der Waals surface area contributed by atoms with Gasteiger partial charge in [-0.2, -0.15) is 0 Å². The van der Waals surface area contributed by atoms with Crippen molar-refractivity contribution in [3.63, 3.8) is 0 Å². The Bertz CT molecular complexity index is 413. The van der Waals surface area contributed by atoms with Crippen molar-refractivity contribution in [3.05, 3.63) is 35.4 Å². The lowest BCUT2D eigenvalue weighted by atomic mass is 10.0. The summed E-state index contributed by atoms with van der Waals surface area (Å²) in [6.45, 7) is 0.152. The molecule has 0 heterocycles. The first-order valence-corrected chi connectivity index (χ1v) is 5.06. The third-order valence-electron chi connectivity index (χ3n) is 2.11. The van der Waals surface area contributed by atoms with E-state index in [2.05, 4.69) is 16.6 Å². The van der Waals surface area contributed by atoms with Crippen molar-refractivity contribution in [2.45, 2.75) is 12.8 Å². The Hall–Kier alpha value is -1.79. The third-order valence-corrected chi connectivity index (χ3v) is 2.11. The van der Waals surface area contributed by atoms with Crippen LogP contribution >= 0.6 is 0 Å². The summed E-state index contributed by atoms with van der Waals surface area (Å²) in [7, 11) is 1.30. The second-order valence-corrected chi connectivity index (χ2v) is 3.23. The maximum Gasteiger partial charge on any atom is 0.384 e. The van der Waals surface area contributed by atoms with Gasteiger partial charge in [-0.25, -0.2) is 4.79 Å².